The first-order valence-corrected chi connectivity index (χ1v) is 14.0. The summed E-state index contributed by atoms with van der Waals surface area (Å²) < 4.78 is 82.4. The fourth-order valence-electron chi connectivity index (χ4n) is 5.62. The van der Waals surface area contributed by atoms with Crippen LogP contribution < -0.4 is 9.84 Å². The Balaban J connectivity index is 0.000000646. The number of esters is 1. The molecular weight excluding hydrogens is 584 g/mol. The monoisotopic (exact) mass is 619 g/mol. The van der Waals surface area contributed by atoms with Crippen LogP contribution in [-0.4, -0.2) is 67.1 Å². The number of halogens is 6. The number of hydrogen-bond donors (Lipinski definition) is 1. The average Bonchev–Trinajstić information content (AvgIpc) is 3.62. The van der Waals surface area contributed by atoms with Gasteiger partial charge in [-0.15, -0.1) is 0 Å². The van der Waals surface area contributed by atoms with Crippen LogP contribution in [0.3, 0.4) is 0 Å². The molecule has 7 nitrogen and oxygen atoms in total. The second-order valence-corrected chi connectivity index (χ2v) is 11.2. The van der Waals surface area contributed by atoms with E-state index in [0.29, 0.717) is 36.0 Å². The molecule has 1 N–H and O–H groups in total. The molecule has 0 bridgehead atoms. The Morgan fingerprint density at radius 3 is 2.14 bits per heavy atom. The molecular formula is C30H35F6NO6. The summed E-state index contributed by atoms with van der Waals surface area (Å²) in [6.45, 7) is 2.49. The summed E-state index contributed by atoms with van der Waals surface area (Å²) in [5.74, 6) is -3.52. The van der Waals surface area contributed by atoms with Gasteiger partial charge in [-0.3, -0.25) is 0 Å². The fourth-order valence-corrected chi connectivity index (χ4v) is 5.62. The van der Waals surface area contributed by atoms with Gasteiger partial charge >= 0.3 is 18.3 Å². The summed E-state index contributed by atoms with van der Waals surface area (Å²) in [4.78, 5) is 22.1. The largest absolute Gasteiger partial charge is 0.542 e. The molecule has 13 heteroatoms. The van der Waals surface area contributed by atoms with Gasteiger partial charge in [-0.25, -0.2) is 4.79 Å². The van der Waals surface area contributed by atoms with Crippen LogP contribution in [0, 0.1) is 5.92 Å². The number of carboxylic acids is 1. The highest BCUT2D eigenvalue weighted by molar-refractivity contribution is 5.81. The summed E-state index contributed by atoms with van der Waals surface area (Å²) in [6, 6.07) is 14.0. The van der Waals surface area contributed by atoms with Crippen LogP contribution >= 0.6 is 0 Å². The lowest BCUT2D eigenvalue weighted by Crippen LogP contribution is -2.47. The first kappa shape index (κ1) is 34.2. The second kappa shape index (κ2) is 14.0. The SMILES string of the molecule is C[N+]1(CCCOc2cccc(C(F)(F)F)c2)CCC(OC(=O)C(O)(c2ccccc2)C2CCCC2)C1.O=C([O-])C(F)(F)F. The Morgan fingerprint density at radius 1 is 0.953 bits per heavy atom. The molecule has 3 unspecified atom stereocenters. The molecule has 238 valence electrons. The van der Waals surface area contributed by atoms with E-state index in [1.807, 2.05) is 18.2 Å². The number of aliphatic carboxylic acids is 1. The molecule has 4 rings (SSSR count). The molecule has 1 saturated heterocycles. The highest BCUT2D eigenvalue weighted by Gasteiger charge is 2.49. The summed E-state index contributed by atoms with van der Waals surface area (Å²) in [5.41, 5.74) is -1.78. The van der Waals surface area contributed by atoms with E-state index >= 15 is 0 Å². The highest BCUT2D eigenvalue weighted by Crippen LogP contribution is 2.42. The molecule has 2 aliphatic rings. The van der Waals surface area contributed by atoms with Crippen LogP contribution in [0.4, 0.5) is 26.3 Å². The molecule has 43 heavy (non-hydrogen) atoms. The number of carbonyl (C=O) groups is 2. The third kappa shape index (κ3) is 9.33. The van der Waals surface area contributed by atoms with E-state index < -0.39 is 35.5 Å². The standard InChI is InChI=1S/C28H35F3NO4.C2HF3O2/c1-32(16-8-18-35-24-14-7-13-23(19-24)28(29,30)31)17-15-25(20-32)36-26(33)27(34,22-11-5-6-12-22)21-9-3-2-4-10-21;3-2(4,5)1(6)7/h2-4,7,9-10,13-14,19,22,25,34H,5-6,8,11-12,15-18,20H2,1H3;(H,6,7)/q+1;/p-1. The van der Waals surface area contributed by atoms with Crippen molar-refractivity contribution in [1.82, 2.24) is 0 Å². The van der Waals surface area contributed by atoms with Crippen molar-refractivity contribution in [2.45, 2.75) is 62.6 Å². The van der Waals surface area contributed by atoms with E-state index in [1.165, 1.54) is 12.1 Å². The number of quaternary nitrogens is 1. The third-order valence-corrected chi connectivity index (χ3v) is 7.88. The van der Waals surface area contributed by atoms with E-state index in [0.717, 1.165) is 50.9 Å². The van der Waals surface area contributed by atoms with E-state index in [4.69, 9.17) is 19.4 Å². The number of aliphatic hydroxyl groups is 1. The second-order valence-electron chi connectivity index (χ2n) is 11.2. The van der Waals surface area contributed by atoms with Gasteiger partial charge in [0.1, 0.15) is 18.3 Å². The lowest BCUT2D eigenvalue weighted by molar-refractivity contribution is -0.899. The average molecular weight is 620 g/mol. The van der Waals surface area contributed by atoms with Crippen molar-refractivity contribution in [2.24, 2.45) is 5.92 Å². The van der Waals surface area contributed by atoms with Gasteiger partial charge < -0.3 is 29.0 Å². The number of likely N-dealkylation sites (N-methyl/N-ethyl adjacent to an activating group) is 1. The van der Waals surface area contributed by atoms with Crippen molar-refractivity contribution in [3.05, 3.63) is 65.7 Å². The number of nitrogens with zero attached hydrogens (tertiary/aromatic N) is 1. The maximum Gasteiger partial charge on any atom is 0.430 e. The number of carboxylic acid groups (broad SMARTS) is 1. The normalized spacial score (nSPS) is 22.3. The molecule has 3 atom stereocenters. The van der Waals surface area contributed by atoms with Gasteiger partial charge in [0.15, 0.2) is 11.7 Å². The number of rotatable bonds is 9. The van der Waals surface area contributed by atoms with Gasteiger partial charge in [0, 0.05) is 18.8 Å². The zero-order valence-electron chi connectivity index (χ0n) is 23.6. The maximum atomic E-state index is 13.4. The quantitative estimate of drug-likeness (QED) is 0.191. The van der Waals surface area contributed by atoms with Crippen molar-refractivity contribution in [3.8, 4) is 5.75 Å². The zero-order chi connectivity index (χ0) is 31.9. The third-order valence-electron chi connectivity index (χ3n) is 7.88. The lowest BCUT2D eigenvalue weighted by Gasteiger charge is -2.33. The minimum atomic E-state index is -5.19. The molecule has 1 heterocycles. The minimum Gasteiger partial charge on any atom is -0.542 e. The number of hydrogen-bond acceptors (Lipinski definition) is 6. The summed E-state index contributed by atoms with van der Waals surface area (Å²) in [6.07, 6.45) is -4.94. The van der Waals surface area contributed by atoms with E-state index in [2.05, 4.69) is 7.05 Å². The van der Waals surface area contributed by atoms with Crippen LogP contribution in [0.25, 0.3) is 0 Å². The number of likely N-dealkylation sites (tertiary alicyclic amines) is 1. The number of carbonyl (C=O) groups excluding carboxylic acids is 2. The summed E-state index contributed by atoms with van der Waals surface area (Å²) >= 11 is 0. The predicted molar refractivity (Wildman–Crippen MR) is 140 cm³/mol. The first-order valence-electron chi connectivity index (χ1n) is 14.0. The molecule has 0 radical (unpaired) electrons. The van der Waals surface area contributed by atoms with Crippen molar-refractivity contribution >= 4 is 11.9 Å². The van der Waals surface area contributed by atoms with E-state index in [1.54, 1.807) is 12.1 Å². The summed E-state index contributed by atoms with van der Waals surface area (Å²) in [7, 11) is 2.08. The van der Waals surface area contributed by atoms with Crippen LogP contribution in [0.15, 0.2) is 54.6 Å². The van der Waals surface area contributed by atoms with Crippen molar-refractivity contribution < 1.29 is 60.1 Å². The molecule has 1 aliphatic heterocycles. The predicted octanol–water partition coefficient (Wildman–Crippen LogP) is 4.61. The van der Waals surface area contributed by atoms with Gasteiger partial charge in [-0.1, -0.05) is 49.2 Å². The minimum absolute atomic E-state index is 0.150. The van der Waals surface area contributed by atoms with Crippen LogP contribution in [0.2, 0.25) is 0 Å². The molecule has 2 fully saturated rings. The smallest absolute Gasteiger partial charge is 0.430 e. The number of benzene rings is 2. The maximum absolute atomic E-state index is 13.4. The number of alkyl halides is 6. The van der Waals surface area contributed by atoms with Gasteiger partial charge in [0.2, 0.25) is 0 Å². The van der Waals surface area contributed by atoms with Crippen LogP contribution in [0.1, 0.15) is 49.7 Å². The molecule has 2 aromatic rings. The zero-order valence-corrected chi connectivity index (χ0v) is 23.6. The lowest BCUT2D eigenvalue weighted by atomic mass is 9.80. The van der Waals surface area contributed by atoms with Crippen LogP contribution in [0.5, 0.6) is 5.75 Å². The Morgan fingerprint density at radius 2 is 1.56 bits per heavy atom. The van der Waals surface area contributed by atoms with Gasteiger partial charge in [0.05, 0.1) is 32.3 Å². The summed E-state index contributed by atoms with van der Waals surface area (Å²) in [5, 5.41) is 20.4. The molecule has 2 aromatic carbocycles. The number of ether oxygens (including phenoxy) is 2. The fraction of sp³-hybridized carbons (Fsp3) is 0.533. The van der Waals surface area contributed by atoms with Gasteiger partial charge in [0.25, 0.3) is 0 Å². The first-order chi connectivity index (χ1) is 20.0. The van der Waals surface area contributed by atoms with Crippen molar-refractivity contribution in [2.75, 3.05) is 33.3 Å². The van der Waals surface area contributed by atoms with Crippen molar-refractivity contribution in [1.29, 1.82) is 0 Å². The van der Waals surface area contributed by atoms with Crippen LogP contribution in [-0.2, 0) is 26.1 Å². The Kier molecular flexibility index (Phi) is 11.1. The molecule has 1 saturated carbocycles. The van der Waals surface area contributed by atoms with E-state index in [-0.39, 0.29) is 17.8 Å². The van der Waals surface area contributed by atoms with Gasteiger partial charge in [-0.2, -0.15) is 26.3 Å². The molecule has 0 spiro atoms. The van der Waals surface area contributed by atoms with E-state index in [9.17, 15) is 36.2 Å². The van der Waals surface area contributed by atoms with Crippen molar-refractivity contribution in [3.63, 3.8) is 0 Å². The Labute approximate surface area is 245 Å². The Bertz CT molecular complexity index is 1220. The molecule has 0 aromatic heterocycles. The Hall–Kier alpha value is -3.32. The topological polar surface area (TPSA) is 95.9 Å². The van der Waals surface area contributed by atoms with Gasteiger partial charge in [-0.05, 0) is 36.6 Å². The highest BCUT2D eigenvalue weighted by atomic mass is 19.4. The molecule has 0 amide bonds. The molecule has 1 aliphatic carbocycles.